The van der Waals surface area contributed by atoms with Gasteiger partial charge in [0.1, 0.15) is 11.8 Å². The van der Waals surface area contributed by atoms with E-state index in [0.29, 0.717) is 0 Å². The zero-order valence-electron chi connectivity index (χ0n) is 10.7. The average Bonchev–Trinajstić information content (AvgIpc) is 2.39. The SMILES string of the molecule is CCCCCCC(N=O)c1ccc(OC)cc1. The third kappa shape index (κ3) is 4.55. The van der Waals surface area contributed by atoms with E-state index in [9.17, 15) is 4.91 Å². The molecular formula is C14H21NO2. The van der Waals surface area contributed by atoms with Gasteiger partial charge < -0.3 is 4.74 Å². The fraction of sp³-hybridized carbons (Fsp3) is 0.571. The first kappa shape index (κ1) is 13.7. The average molecular weight is 235 g/mol. The summed E-state index contributed by atoms with van der Waals surface area (Å²) in [7, 11) is 1.63. The molecule has 1 aromatic carbocycles. The molecule has 0 saturated carbocycles. The molecule has 3 heteroatoms. The number of rotatable bonds is 8. The molecule has 0 aliphatic rings. The van der Waals surface area contributed by atoms with E-state index in [2.05, 4.69) is 12.1 Å². The highest BCUT2D eigenvalue weighted by Crippen LogP contribution is 2.25. The summed E-state index contributed by atoms with van der Waals surface area (Å²) in [6.07, 6.45) is 5.53. The van der Waals surface area contributed by atoms with E-state index < -0.39 is 0 Å². The van der Waals surface area contributed by atoms with Crippen LogP contribution in [0.15, 0.2) is 29.4 Å². The molecule has 0 bridgehead atoms. The first-order valence-corrected chi connectivity index (χ1v) is 6.28. The molecule has 0 fully saturated rings. The van der Waals surface area contributed by atoms with Crippen molar-refractivity contribution >= 4 is 0 Å². The van der Waals surface area contributed by atoms with Crippen molar-refractivity contribution in [3.05, 3.63) is 34.7 Å². The molecule has 17 heavy (non-hydrogen) atoms. The van der Waals surface area contributed by atoms with Gasteiger partial charge in [-0.25, -0.2) is 0 Å². The molecule has 1 unspecified atom stereocenters. The Morgan fingerprint density at radius 1 is 1.18 bits per heavy atom. The second-order valence-corrected chi connectivity index (χ2v) is 4.24. The summed E-state index contributed by atoms with van der Waals surface area (Å²) in [5.41, 5.74) is 0.984. The van der Waals surface area contributed by atoms with Crippen LogP contribution in [-0.2, 0) is 0 Å². The monoisotopic (exact) mass is 235 g/mol. The van der Waals surface area contributed by atoms with Crippen molar-refractivity contribution in [3.63, 3.8) is 0 Å². The van der Waals surface area contributed by atoms with Gasteiger partial charge in [0.05, 0.1) is 7.11 Å². The smallest absolute Gasteiger partial charge is 0.118 e. The first-order chi connectivity index (χ1) is 8.31. The van der Waals surface area contributed by atoms with Crippen molar-refractivity contribution in [1.82, 2.24) is 0 Å². The van der Waals surface area contributed by atoms with Crippen LogP contribution in [0.3, 0.4) is 0 Å². The van der Waals surface area contributed by atoms with Gasteiger partial charge in [-0.05, 0) is 24.1 Å². The molecule has 0 radical (unpaired) electrons. The van der Waals surface area contributed by atoms with Crippen LogP contribution in [0.4, 0.5) is 0 Å². The standard InChI is InChI=1S/C14H21NO2/c1-3-4-5-6-7-14(15-16)12-8-10-13(17-2)11-9-12/h8-11,14H,3-7H2,1-2H3. The van der Waals surface area contributed by atoms with E-state index in [1.807, 2.05) is 24.3 Å². The van der Waals surface area contributed by atoms with Gasteiger partial charge in [-0.1, -0.05) is 49.9 Å². The summed E-state index contributed by atoms with van der Waals surface area (Å²) >= 11 is 0. The number of hydrogen-bond acceptors (Lipinski definition) is 3. The molecule has 3 nitrogen and oxygen atoms in total. The Morgan fingerprint density at radius 2 is 1.88 bits per heavy atom. The third-order valence-electron chi connectivity index (χ3n) is 2.96. The number of hydrogen-bond donors (Lipinski definition) is 0. The maximum atomic E-state index is 10.8. The van der Waals surface area contributed by atoms with E-state index in [0.717, 1.165) is 24.2 Å². The van der Waals surface area contributed by atoms with Gasteiger partial charge in [-0.3, -0.25) is 0 Å². The lowest BCUT2D eigenvalue weighted by molar-refractivity contribution is 0.414. The van der Waals surface area contributed by atoms with Crippen LogP contribution in [0.25, 0.3) is 0 Å². The van der Waals surface area contributed by atoms with Crippen LogP contribution >= 0.6 is 0 Å². The maximum Gasteiger partial charge on any atom is 0.118 e. The quantitative estimate of drug-likeness (QED) is 0.492. The summed E-state index contributed by atoms with van der Waals surface area (Å²) in [6.45, 7) is 2.18. The maximum absolute atomic E-state index is 10.8. The first-order valence-electron chi connectivity index (χ1n) is 6.28. The second kappa shape index (κ2) is 7.82. The number of nitrogens with zero attached hydrogens (tertiary/aromatic N) is 1. The predicted molar refractivity (Wildman–Crippen MR) is 70.3 cm³/mol. The lowest BCUT2D eigenvalue weighted by atomic mass is 10.0. The van der Waals surface area contributed by atoms with Crippen LogP contribution in [0, 0.1) is 4.91 Å². The zero-order chi connectivity index (χ0) is 12.5. The van der Waals surface area contributed by atoms with Gasteiger partial charge in [-0.2, -0.15) is 4.91 Å². The highest BCUT2D eigenvalue weighted by Gasteiger charge is 2.11. The van der Waals surface area contributed by atoms with Crippen molar-refractivity contribution in [2.45, 2.75) is 45.1 Å². The second-order valence-electron chi connectivity index (χ2n) is 4.24. The van der Waals surface area contributed by atoms with E-state index in [4.69, 9.17) is 4.74 Å². The molecule has 1 rings (SSSR count). The number of nitroso groups, excluding NO2 is 1. The Bertz CT molecular complexity index is 321. The Labute approximate surface area is 103 Å². The topological polar surface area (TPSA) is 38.7 Å². The fourth-order valence-electron chi connectivity index (χ4n) is 1.87. The summed E-state index contributed by atoms with van der Waals surface area (Å²) < 4.78 is 5.09. The minimum absolute atomic E-state index is 0.210. The van der Waals surface area contributed by atoms with Gasteiger partial charge >= 0.3 is 0 Å². The number of methoxy groups -OCH3 is 1. The fourth-order valence-corrected chi connectivity index (χ4v) is 1.87. The largest absolute Gasteiger partial charge is 0.497 e. The molecule has 0 N–H and O–H groups in total. The molecule has 0 aliphatic heterocycles. The molecule has 0 aromatic heterocycles. The molecule has 94 valence electrons. The summed E-state index contributed by atoms with van der Waals surface area (Å²) in [6, 6.07) is 7.38. The predicted octanol–water partition coefficient (Wildman–Crippen LogP) is 4.47. The molecule has 1 aromatic rings. The lowest BCUT2D eigenvalue weighted by Crippen LogP contribution is -1.95. The number of ether oxygens (including phenoxy) is 1. The van der Waals surface area contributed by atoms with Crippen LogP contribution in [0.1, 0.15) is 50.6 Å². The summed E-state index contributed by atoms with van der Waals surface area (Å²) in [4.78, 5) is 10.8. The van der Waals surface area contributed by atoms with E-state index in [-0.39, 0.29) is 6.04 Å². The van der Waals surface area contributed by atoms with Crippen molar-refractivity contribution in [2.75, 3.05) is 7.11 Å². The highest BCUT2D eigenvalue weighted by atomic mass is 16.5. The number of unbranched alkanes of at least 4 members (excludes halogenated alkanes) is 3. The van der Waals surface area contributed by atoms with Crippen LogP contribution in [0.5, 0.6) is 5.75 Å². The lowest BCUT2D eigenvalue weighted by Gasteiger charge is -2.09. The number of benzene rings is 1. The van der Waals surface area contributed by atoms with Crippen LogP contribution in [0.2, 0.25) is 0 Å². The van der Waals surface area contributed by atoms with Crippen LogP contribution < -0.4 is 4.74 Å². The minimum atomic E-state index is -0.210. The van der Waals surface area contributed by atoms with Gasteiger partial charge in [0, 0.05) is 0 Å². The minimum Gasteiger partial charge on any atom is -0.497 e. The van der Waals surface area contributed by atoms with Gasteiger partial charge in [0.2, 0.25) is 0 Å². The van der Waals surface area contributed by atoms with Crippen molar-refractivity contribution < 1.29 is 4.74 Å². The molecule has 0 amide bonds. The van der Waals surface area contributed by atoms with E-state index in [1.165, 1.54) is 19.3 Å². The van der Waals surface area contributed by atoms with E-state index >= 15 is 0 Å². The molecule has 0 saturated heterocycles. The van der Waals surface area contributed by atoms with Gasteiger partial charge in [0.15, 0.2) is 0 Å². The van der Waals surface area contributed by atoms with Crippen molar-refractivity contribution in [1.29, 1.82) is 0 Å². The normalized spacial score (nSPS) is 12.1. The van der Waals surface area contributed by atoms with Crippen molar-refractivity contribution in [3.8, 4) is 5.75 Å². The van der Waals surface area contributed by atoms with Gasteiger partial charge in [0.25, 0.3) is 0 Å². The Morgan fingerprint density at radius 3 is 2.41 bits per heavy atom. The Hall–Kier alpha value is -1.38. The molecule has 0 aliphatic carbocycles. The van der Waals surface area contributed by atoms with E-state index in [1.54, 1.807) is 7.11 Å². The Kier molecular flexibility index (Phi) is 6.30. The highest BCUT2D eigenvalue weighted by molar-refractivity contribution is 5.29. The molecule has 0 spiro atoms. The third-order valence-corrected chi connectivity index (χ3v) is 2.96. The van der Waals surface area contributed by atoms with Crippen molar-refractivity contribution in [2.24, 2.45) is 5.18 Å². The molecular weight excluding hydrogens is 214 g/mol. The molecule has 1 atom stereocenters. The zero-order valence-corrected chi connectivity index (χ0v) is 10.7. The van der Waals surface area contributed by atoms with Gasteiger partial charge in [-0.15, -0.1) is 0 Å². The summed E-state index contributed by atoms with van der Waals surface area (Å²) in [5, 5.41) is 3.22. The summed E-state index contributed by atoms with van der Waals surface area (Å²) in [5.74, 6) is 0.810. The Balaban J connectivity index is 2.50. The molecule has 0 heterocycles. The van der Waals surface area contributed by atoms with Crippen LogP contribution in [-0.4, -0.2) is 7.11 Å².